The molecule has 0 aliphatic carbocycles. The number of barbiturate groups is 1. The van der Waals surface area contributed by atoms with Gasteiger partial charge in [0.05, 0.1) is 12.3 Å². The van der Waals surface area contributed by atoms with Gasteiger partial charge in [-0.3, -0.25) is 19.8 Å². The maximum absolute atomic E-state index is 13.4. The SMILES string of the molecule is O=C1NC(=O)N(c2cccc3ccccc23)C(=O)C1C1CNCCN1CCO. The van der Waals surface area contributed by atoms with Gasteiger partial charge < -0.3 is 10.4 Å². The molecule has 2 aromatic rings. The number of hydrogen-bond acceptors (Lipinski definition) is 6. The van der Waals surface area contributed by atoms with Gasteiger partial charge in [-0.25, -0.2) is 9.69 Å². The van der Waals surface area contributed by atoms with Gasteiger partial charge in [0.15, 0.2) is 0 Å². The highest BCUT2D eigenvalue weighted by atomic mass is 16.3. The molecule has 0 radical (unpaired) electrons. The van der Waals surface area contributed by atoms with Gasteiger partial charge in [0.1, 0.15) is 5.92 Å². The molecule has 0 saturated carbocycles. The first kappa shape index (κ1) is 18.5. The predicted octanol–water partition coefficient (Wildman–Crippen LogP) is 0.305. The van der Waals surface area contributed by atoms with Crippen LogP contribution in [0.3, 0.4) is 0 Å². The third kappa shape index (κ3) is 3.15. The molecule has 8 heteroatoms. The van der Waals surface area contributed by atoms with Crippen LogP contribution in [-0.2, 0) is 9.59 Å². The van der Waals surface area contributed by atoms with Crippen LogP contribution in [0.1, 0.15) is 0 Å². The van der Waals surface area contributed by atoms with Crippen molar-refractivity contribution in [2.24, 2.45) is 5.92 Å². The fraction of sp³-hybridized carbons (Fsp3) is 0.350. The minimum absolute atomic E-state index is 0.0645. The van der Waals surface area contributed by atoms with Crippen molar-refractivity contribution in [2.75, 3.05) is 37.7 Å². The molecule has 2 atom stereocenters. The molecular weight excluding hydrogens is 360 g/mol. The smallest absolute Gasteiger partial charge is 0.335 e. The number of aliphatic hydroxyl groups excluding tert-OH is 1. The van der Waals surface area contributed by atoms with Crippen LogP contribution in [0.5, 0.6) is 0 Å². The van der Waals surface area contributed by atoms with E-state index in [-0.39, 0.29) is 6.61 Å². The van der Waals surface area contributed by atoms with Crippen molar-refractivity contribution in [3.05, 3.63) is 42.5 Å². The Morgan fingerprint density at radius 3 is 2.68 bits per heavy atom. The van der Waals surface area contributed by atoms with Gasteiger partial charge in [0.25, 0.3) is 0 Å². The Balaban J connectivity index is 1.74. The Bertz CT molecular complexity index is 924. The van der Waals surface area contributed by atoms with Crippen molar-refractivity contribution in [3.8, 4) is 0 Å². The number of nitrogens with zero attached hydrogens (tertiary/aromatic N) is 2. The Hall–Kier alpha value is -2.81. The van der Waals surface area contributed by atoms with Crippen molar-refractivity contribution in [1.29, 1.82) is 0 Å². The molecule has 2 aliphatic heterocycles. The van der Waals surface area contributed by atoms with Gasteiger partial charge in [-0.15, -0.1) is 0 Å². The largest absolute Gasteiger partial charge is 0.395 e. The van der Waals surface area contributed by atoms with Crippen molar-refractivity contribution in [2.45, 2.75) is 6.04 Å². The van der Waals surface area contributed by atoms with Crippen LogP contribution >= 0.6 is 0 Å². The lowest BCUT2D eigenvalue weighted by Gasteiger charge is -2.42. The van der Waals surface area contributed by atoms with E-state index in [1.54, 1.807) is 12.1 Å². The fourth-order valence-electron chi connectivity index (χ4n) is 4.06. The van der Waals surface area contributed by atoms with Crippen molar-refractivity contribution < 1.29 is 19.5 Å². The number of carbonyl (C=O) groups excluding carboxylic acids is 3. The molecule has 8 nitrogen and oxygen atoms in total. The summed E-state index contributed by atoms with van der Waals surface area (Å²) in [6.07, 6.45) is 0. The number of rotatable bonds is 4. The average Bonchev–Trinajstić information content (AvgIpc) is 2.69. The van der Waals surface area contributed by atoms with E-state index in [0.717, 1.165) is 15.7 Å². The van der Waals surface area contributed by atoms with E-state index >= 15 is 0 Å². The molecule has 0 aromatic heterocycles. The average molecular weight is 382 g/mol. The molecular formula is C20H22N4O4. The summed E-state index contributed by atoms with van der Waals surface area (Å²) >= 11 is 0. The van der Waals surface area contributed by atoms with Crippen LogP contribution in [0.15, 0.2) is 42.5 Å². The molecule has 4 rings (SSSR count). The van der Waals surface area contributed by atoms with E-state index in [2.05, 4.69) is 10.6 Å². The van der Waals surface area contributed by atoms with E-state index in [0.29, 0.717) is 31.9 Å². The van der Waals surface area contributed by atoms with Gasteiger partial charge in [0.2, 0.25) is 11.8 Å². The van der Waals surface area contributed by atoms with Crippen molar-refractivity contribution in [1.82, 2.24) is 15.5 Å². The zero-order chi connectivity index (χ0) is 19.7. The lowest BCUT2D eigenvalue weighted by Crippen LogP contribution is -2.66. The molecule has 4 amide bonds. The van der Waals surface area contributed by atoms with E-state index < -0.39 is 29.8 Å². The number of carbonyl (C=O) groups is 3. The number of imide groups is 2. The summed E-state index contributed by atoms with van der Waals surface area (Å²) in [5.41, 5.74) is 0.454. The van der Waals surface area contributed by atoms with E-state index in [4.69, 9.17) is 0 Å². The van der Waals surface area contributed by atoms with Gasteiger partial charge >= 0.3 is 6.03 Å². The molecule has 2 fully saturated rings. The molecule has 0 bridgehead atoms. The summed E-state index contributed by atoms with van der Waals surface area (Å²) in [6, 6.07) is 11.7. The zero-order valence-electron chi connectivity index (χ0n) is 15.3. The maximum atomic E-state index is 13.4. The first-order valence-corrected chi connectivity index (χ1v) is 9.34. The normalized spacial score (nSPS) is 23.9. The Labute approximate surface area is 162 Å². The number of amides is 4. The molecule has 2 aromatic carbocycles. The van der Waals surface area contributed by atoms with Crippen molar-refractivity contribution >= 4 is 34.3 Å². The highest BCUT2D eigenvalue weighted by Gasteiger charge is 2.47. The quantitative estimate of drug-likeness (QED) is 0.658. The third-order valence-corrected chi connectivity index (χ3v) is 5.38. The molecule has 3 N–H and O–H groups in total. The van der Waals surface area contributed by atoms with E-state index in [1.807, 2.05) is 35.2 Å². The number of nitrogens with one attached hydrogen (secondary N) is 2. The molecule has 2 heterocycles. The zero-order valence-corrected chi connectivity index (χ0v) is 15.3. The second-order valence-corrected chi connectivity index (χ2v) is 6.98. The highest BCUT2D eigenvalue weighted by Crippen LogP contribution is 2.31. The number of β-amino-alcohol motifs (C(OH)–C–C–N with tert-alkyl or cyclic N) is 1. The second-order valence-electron chi connectivity index (χ2n) is 6.98. The minimum atomic E-state index is -1.03. The van der Waals surface area contributed by atoms with Gasteiger partial charge in [0, 0.05) is 37.6 Å². The number of urea groups is 1. The van der Waals surface area contributed by atoms with E-state index in [9.17, 15) is 19.5 Å². The predicted molar refractivity (Wildman–Crippen MR) is 104 cm³/mol. The fourth-order valence-corrected chi connectivity index (χ4v) is 4.06. The third-order valence-electron chi connectivity index (χ3n) is 5.38. The molecule has 2 saturated heterocycles. The number of benzene rings is 2. The van der Waals surface area contributed by atoms with Crippen LogP contribution in [0.25, 0.3) is 10.8 Å². The number of hydrogen-bond donors (Lipinski definition) is 3. The van der Waals surface area contributed by atoms with Crippen LogP contribution in [0.4, 0.5) is 10.5 Å². The molecule has 28 heavy (non-hydrogen) atoms. The number of fused-ring (bicyclic) bond motifs is 1. The van der Waals surface area contributed by atoms with Crippen LogP contribution < -0.4 is 15.5 Å². The number of piperazine rings is 1. The van der Waals surface area contributed by atoms with Crippen molar-refractivity contribution in [3.63, 3.8) is 0 Å². The first-order chi connectivity index (χ1) is 13.6. The molecule has 146 valence electrons. The standard InChI is InChI=1S/C20H22N4O4/c25-11-10-23-9-8-21-12-16(23)17-18(26)22-20(28)24(19(17)27)15-7-3-5-13-4-1-2-6-14(13)15/h1-7,16-17,21,25H,8-12H2,(H,22,26,28). The monoisotopic (exact) mass is 382 g/mol. The Kier molecular flexibility index (Phi) is 5.08. The topological polar surface area (TPSA) is 102 Å². The molecule has 2 unspecified atom stereocenters. The summed E-state index contributed by atoms with van der Waals surface area (Å²) in [5.74, 6) is -2.17. The maximum Gasteiger partial charge on any atom is 0.335 e. The van der Waals surface area contributed by atoms with Crippen LogP contribution in [0.2, 0.25) is 0 Å². The van der Waals surface area contributed by atoms with Gasteiger partial charge in [-0.05, 0) is 11.5 Å². The number of anilines is 1. The van der Waals surface area contributed by atoms with Gasteiger partial charge in [-0.1, -0.05) is 36.4 Å². The second kappa shape index (κ2) is 7.67. The minimum Gasteiger partial charge on any atom is -0.395 e. The first-order valence-electron chi connectivity index (χ1n) is 9.34. The Morgan fingerprint density at radius 2 is 1.86 bits per heavy atom. The molecule has 2 aliphatic rings. The van der Waals surface area contributed by atoms with Crippen LogP contribution in [-0.4, -0.2) is 66.7 Å². The summed E-state index contributed by atoms with van der Waals surface area (Å²) in [5, 5.41) is 16.5. The summed E-state index contributed by atoms with van der Waals surface area (Å²) in [6.45, 7) is 2.06. The summed E-state index contributed by atoms with van der Waals surface area (Å²) < 4.78 is 0. The lowest BCUT2D eigenvalue weighted by atomic mass is 9.92. The van der Waals surface area contributed by atoms with Crippen LogP contribution in [0, 0.1) is 5.92 Å². The van der Waals surface area contributed by atoms with E-state index in [1.165, 1.54) is 0 Å². The highest BCUT2D eigenvalue weighted by molar-refractivity contribution is 6.29. The lowest BCUT2D eigenvalue weighted by molar-refractivity contribution is -0.137. The van der Waals surface area contributed by atoms with Gasteiger partial charge in [-0.2, -0.15) is 0 Å². The number of aliphatic hydroxyl groups is 1. The summed E-state index contributed by atoms with van der Waals surface area (Å²) in [4.78, 5) is 41.6. The molecule has 0 spiro atoms. The summed E-state index contributed by atoms with van der Waals surface area (Å²) in [7, 11) is 0. The Morgan fingerprint density at radius 1 is 1.07 bits per heavy atom.